The molecule has 0 radical (unpaired) electrons. The molecule has 6 atom stereocenters. The van der Waals surface area contributed by atoms with Crippen LogP contribution in [0.3, 0.4) is 0 Å². The molecule has 4 rings (SSSR count). The normalized spacial score (nSPS) is 30.3. The Morgan fingerprint density at radius 1 is 1.00 bits per heavy atom. The molecular formula is C22H24O9. The number of ketones is 1. The number of ether oxygens (including phenoxy) is 4. The van der Waals surface area contributed by atoms with Gasteiger partial charge in [-0.15, -0.1) is 0 Å². The second kappa shape index (κ2) is 8.81. The van der Waals surface area contributed by atoms with Gasteiger partial charge in [0.1, 0.15) is 48.3 Å². The predicted octanol–water partition coefficient (Wildman–Crippen LogP) is 0.233. The Hall–Kier alpha value is -2.69. The molecule has 0 bridgehead atoms. The van der Waals surface area contributed by atoms with E-state index >= 15 is 0 Å². The molecule has 0 amide bonds. The van der Waals surface area contributed by atoms with Crippen molar-refractivity contribution in [1.82, 2.24) is 0 Å². The highest BCUT2D eigenvalue weighted by atomic mass is 16.7. The molecule has 2 heterocycles. The van der Waals surface area contributed by atoms with Crippen molar-refractivity contribution in [2.45, 2.75) is 36.6 Å². The molecule has 2 aliphatic heterocycles. The maximum absolute atomic E-state index is 13.0. The number of methoxy groups -OCH3 is 1. The summed E-state index contributed by atoms with van der Waals surface area (Å²) in [5, 5.41) is 39.2. The van der Waals surface area contributed by atoms with Gasteiger partial charge < -0.3 is 39.4 Å². The first-order chi connectivity index (χ1) is 14.9. The van der Waals surface area contributed by atoms with E-state index < -0.39 is 43.2 Å². The number of fused-ring (bicyclic) bond motifs is 1. The lowest BCUT2D eigenvalue weighted by Gasteiger charge is -2.39. The summed E-state index contributed by atoms with van der Waals surface area (Å²) in [6.45, 7) is -0.402. The quantitative estimate of drug-likeness (QED) is 0.524. The van der Waals surface area contributed by atoms with Gasteiger partial charge in [0.25, 0.3) is 0 Å². The third-order valence-corrected chi connectivity index (χ3v) is 5.56. The Balaban J connectivity index is 1.50. The Morgan fingerprint density at radius 2 is 1.71 bits per heavy atom. The molecule has 0 aromatic heterocycles. The molecule has 9 nitrogen and oxygen atoms in total. The fourth-order valence-corrected chi connectivity index (χ4v) is 3.72. The van der Waals surface area contributed by atoms with Gasteiger partial charge in [-0.05, 0) is 29.8 Å². The smallest absolute Gasteiger partial charge is 0.229 e. The highest BCUT2D eigenvalue weighted by molar-refractivity contribution is 6.04. The summed E-state index contributed by atoms with van der Waals surface area (Å²) in [7, 11) is 1.57. The number of benzene rings is 2. The van der Waals surface area contributed by atoms with Crippen LogP contribution in [0.1, 0.15) is 21.8 Å². The van der Waals surface area contributed by atoms with Crippen LogP contribution >= 0.6 is 0 Å². The van der Waals surface area contributed by atoms with Gasteiger partial charge in [-0.25, -0.2) is 0 Å². The van der Waals surface area contributed by atoms with E-state index in [2.05, 4.69) is 0 Å². The molecule has 2 aliphatic rings. The van der Waals surface area contributed by atoms with Crippen molar-refractivity contribution in [2.75, 3.05) is 20.3 Å². The predicted molar refractivity (Wildman–Crippen MR) is 106 cm³/mol. The van der Waals surface area contributed by atoms with Crippen molar-refractivity contribution in [2.24, 2.45) is 0 Å². The molecule has 0 saturated carbocycles. The van der Waals surface area contributed by atoms with E-state index in [1.165, 1.54) is 12.1 Å². The molecular weight excluding hydrogens is 408 g/mol. The van der Waals surface area contributed by atoms with Crippen LogP contribution in [0.5, 0.6) is 17.2 Å². The number of carbonyl (C=O) groups excluding carboxylic acids is 1. The van der Waals surface area contributed by atoms with Crippen LogP contribution in [0.25, 0.3) is 0 Å². The van der Waals surface area contributed by atoms with Crippen molar-refractivity contribution < 1.29 is 44.2 Å². The van der Waals surface area contributed by atoms with Crippen molar-refractivity contribution in [1.29, 1.82) is 0 Å². The van der Waals surface area contributed by atoms with Gasteiger partial charge >= 0.3 is 0 Å². The third-order valence-electron chi connectivity index (χ3n) is 5.56. The van der Waals surface area contributed by atoms with Crippen molar-refractivity contribution >= 4 is 5.78 Å². The number of aliphatic hydroxyl groups excluding tert-OH is 4. The van der Waals surface area contributed by atoms with E-state index in [1.54, 1.807) is 25.3 Å². The van der Waals surface area contributed by atoms with E-state index in [4.69, 9.17) is 18.9 Å². The van der Waals surface area contributed by atoms with Gasteiger partial charge in [0.05, 0.1) is 25.2 Å². The first-order valence-corrected chi connectivity index (χ1v) is 9.85. The van der Waals surface area contributed by atoms with E-state index in [-0.39, 0.29) is 18.1 Å². The van der Waals surface area contributed by atoms with Crippen LogP contribution in [0.2, 0.25) is 0 Å². The minimum absolute atomic E-state index is 0.0918. The molecule has 1 saturated heterocycles. The van der Waals surface area contributed by atoms with Crippen molar-refractivity contribution in [3.63, 3.8) is 0 Å². The SMILES string of the molecule is COc1ccc(C2COc3cc(O[C@@H]4O[C@H](CO)[C@@H](O)[C@H](O)[C@H]4O)ccc3C2=O)cc1. The first-order valence-electron chi connectivity index (χ1n) is 9.85. The van der Waals surface area contributed by atoms with E-state index in [0.29, 0.717) is 17.1 Å². The Labute approximate surface area is 178 Å². The number of hydrogen-bond donors (Lipinski definition) is 4. The fraction of sp³-hybridized carbons (Fsp3) is 0.409. The number of Topliss-reactive ketones (excluding diaryl/α,β-unsaturated/α-hetero) is 1. The van der Waals surface area contributed by atoms with Crippen LogP contribution in [-0.4, -0.2) is 77.2 Å². The average molecular weight is 432 g/mol. The van der Waals surface area contributed by atoms with Crippen LogP contribution < -0.4 is 14.2 Å². The topological polar surface area (TPSA) is 135 Å². The molecule has 1 fully saturated rings. The summed E-state index contributed by atoms with van der Waals surface area (Å²) >= 11 is 0. The molecule has 2 aromatic rings. The van der Waals surface area contributed by atoms with Crippen LogP contribution in [0.15, 0.2) is 42.5 Å². The zero-order valence-electron chi connectivity index (χ0n) is 16.7. The number of aliphatic hydroxyl groups is 4. The van der Waals surface area contributed by atoms with Crippen molar-refractivity contribution in [3.8, 4) is 17.2 Å². The molecule has 9 heteroatoms. The Morgan fingerprint density at radius 3 is 2.39 bits per heavy atom. The zero-order valence-corrected chi connectivity index (χ0v) is 16.7. The lowest BCUT2D eigenvalue weighted by molar-refractivity contribution is -0.277. The summed E-state index contributed by atoms with van der Waals surface area (Å²) in [6.07, 6.45) is -6.95. The highest BCUT2D eigenvalue weighted by Gasteiger charge is 2.44. The van der Waals surface area contributed by atoms with Gasteiger partial charge in [-0.2, -0.15) is 0 Å². The number of hydrogen-bond acceptors (Lipinski definition) is 9. The lowest BCUT2D eigenvalue weighted by Crippen LogP contribution is -2.60. The third kappa shape index (κ3) is 4.10. The van der Waals surface area contributed by atoms with Gasteiger partial charge in [0.15, 0.2) is 5.78 Å². The molecule has 4 N–H and O–H groups in total. The van der Waals surface area contributed by atoms with Gasteiger partial charge in [-0.3, -0.25) is 4.79 Å². The summed E-state index contributed by atoms with van der Waals surface area (Å²) in [5.74, 6) is 0.723. The Bertz CT molecular complexity index is 927. The number of rotatable bonds is 5. The minimum Gasteiger partial charge on any atom is -0.497 e. The average Bonchev–Trinajstić information content (AvgIpc) is 2.80. The summed E-state index contributed by atoms with van der Waals surface area (Å²) in [6, 6.07) is 11.8. The second-order valence-electron chi connectivity index (χ2n) is 7.47. The highest BCUT2D eigenvalue weighted by Crippen LogP contribution is 2.36. The standard InChI is InChI=1S/C22H24O9/c1-28-12-4-2-11(3-5-12)15-10-29-16-8-13(6-7-14(16)18(15)24)30-22-21(27)20(26)19(25)17(9-23)31-22/h2-8,15,17,19-23,25-27H,9-10H2,1H3/t15?,17-,19-,20+,21-,22-/m1/s1. The first kappa shape index (κ1) is 21.5. The van der Waals surface area contributed by atoms with Crippen molar-refractivity contribution in [3.05, 3.63) is 53.6 Å². The van der Waals surface area contributed by atoms with Crippen LogP contribution in [-0.2, 0) is 4.74 Å². The fourth-order valence-electron chi connectivity index (χ4n) is 3.72. The zero-order chi connectivity index (χ0) is 22.1. The summed E-state index contributed by atoms with van der Waals surface area (Å²) in [4.78, 5) is 13.0. The Kier molecular flexibility index (Phi) is 6.12. The molecule has 0 spiro atoms. The maximum Gasteiger partial charge on any atom is 0.229 e. The van der Waals surface area contributed by atoms with E-state index in [1.807, 2.05) is 12.1 Å². The summed E-state index contributed by atoms with van der Waals surface area (Å²) in [5.41, 5.74) is 1.21. The largest absolute Gasteiger partial charge is 0.497 e. The number of carbonyl (C=O) groups is 1. The van der Waals surface area contributed by atoms with Crippen LogP contribution in [0.4, 0.5) is 0 Å². The molecule has 0 aliphatic carbocycles. The monoisotopic (exact) mass is 432 g/mol. The minimum atomic E-state index is -1.54. The molecule has 166 valence electrons. The van der Waals surface area contributed by atoms with Gasteiger partial charge in [0.2, 0.25) is 6.29 Å². The van der Waals surface area contributed by atoms with E-state index in [9.17, 15) is 25.2 Å². The second-order valence-corrected chi connectivity index (χ2v) is 7.47. The van der Waals surface area contributed by atoms with E-state index in [0.717, 1.165) is 5.56 Å². The van der Waals surface area contributed by atoms with Crippen LogP contribution in [0, 0.1) is 0 Å². The van der Waals surface area contributed by atoms with Gasteiger partial charge in [0, 0.05) is 6.07 Å². The lowest BCUT2D eigenvalue weighted by atomic mass is 9.89. The molecule has 1 unspecified atom stereocenters. The maximum atomic E-state index is 13.0. The molecule has 2 aromatic carbocycles. The molecule has 31 heavy (non-hydrogen) atoms. The summed E-state index contributed by atoms with van der Waals surface area (Å²) < 4.78 is 21.9. The van der Waals surface area contributed by atoms with Gasteiger partial charge in [-0.1, -0.05) is 12.1 Å².